The van der Waals surface area contributed by atoms with Crippen LogP contribution in [0.3, 0.4) is 0 Å². The van der Waals surface area contributed by atoms with Gasteiger partial charge in [0.15, 0.2) is 0 Å². The van der Waals surface area contributed by atoms with E-state index in [9.17, 15) is 5.11 Å². The van der Waals surface area contributed by atoms with Gasteiger partial charge in [-0.3, -0.25) is 0 Å². The van der Waals surface area contributed by atoms with Gasteiger partial charge in [-0.25, -0.2) is 0 Å². The molecular formula is C15H16Cl2OS. The zero-order valence-electron chi connectivity index (χ0n) is 10.7. The Kier molecular flexibility index (Phi) is 5.28. The van der Waals surface area contributed by atoms with Crippen LogP contribution < -0.4 is 0 Å². The molecule has 0 saturated heterocycles. The molecule has 0 spiro atoms. The number of aliphatic hydroxyl groups excluding tert-OH is 1. The summed E-state index contributed by atoms with van der Waals surface area (Å²) in [5, 5.41) is 10.3. The van der Waals surface area contributed by atoms with Gasteiger partial charge < -0.3 is 5.11 Å². The van der Waals surface area contributed by atoms with Crippen molar-refractivity contribution in [3.05, 3.63) is 55.7 Å². The number of aryl methyl sites for hydroxylation is 1. The molecule has 1 atom stereocenters. The predicted octanol–water partition coefficient (Wildman–Crippen LogP) is 5.48. The molecule has 4 heteroatoms. The lowest BCUT2D eigenvalue weighted by molar-refractivity contribution is 0.221. The first-order valence-corrected chi connectivity index (χ1v) is 7.90. The van der Waals surface area contributed by atoms with E-state index in [4.69, 9.17) is 23.2 Å². The summed E-state index contributed by atoms with van der Waals surface area (Å²) in [5.74, 6) is 0. The zero-order valence-corrected chi connectivity index (χ0v) is 13.0. The molecule has 2 aromatic rings. The molecule has 0 saturated carbocycles. The van der Waals surface area contributed by atoms with Gasteiger partial charge in [0.25, 0.3) is 0 Å². The summed E-state index contributed by atoms with van der Waals surface area (Å²) in [4.78, 5) is 0. The van der Waals surface area contributed by atoms with Crippen molar-refractivity contribution in [1.82, 2.24) is 0 Å². The van der Waals surface area contributed by atoms with Crippen molar-refractivity contribution in [1.29, 1.82) is 0 Å². The highest BCUT2D eigenvalue weighted by molar-refractivity contribution is 7.20. The number of hydrogen-bond acceptors (Lipinski definition) is 2. The van der Waals surface area contributed by atoms with Crippen molar-refractivity contribution >= 4 is 34.5 Å². The molecule has 0 fully saturated rings. The Morgan fingerprint density at radius 1 is 1.21 bits per heavy atom. The Morgan fingerprint density at radius 3 is 2.42 bits per heavy atom. The summed E-state index contributed by atoms with van der Waals surface area (Å²) in [6, 6.07) is 9.77. The van der Waals surface area contributed by atoms with Crippen LogP contribution in [0.15, 0.2) is 30.3 Å². The molecular weight excluding hydrogens is 299 g/mol. The average molecular weight is 315 g/mol. The lowest BCUT2D eigenvalue weighted by atomic mass is 10.0. The van der Waals surface area contributed by atoms with Crippen molar-refractivity contribution in [2.75, 3.05) is 0 Å². The van der Waals surface area contributed by atoms with E-state index in [1.54, 1.807) is 6.07 Å². The molecule has 1 heterocycles. The average Bonchev–Trinajstić information content (AvgIpc) is 2.75. The van der Waals surface area contributed by atoms with Crippen LogP contribution in [0.25, 0.3) is 0 Å². The number of benzene rings is 1. The third-order valence-electron chi connectivity index (χ3n) is 3.09. The normalized spacial score (nSPS) is 12.6. The SMILES string of the molecule is CCCCc1ccc(C(O)c2cc(Cl)sc2Cl)cc1. The maximum absolute atomic E-state index is 10.3. The molecule has 1 aromatic carbocycles. The van der Waals surface area contributed by atoms with Crippen molar-refractivity contribution in [2.45, 2.75) is 32.3 Å². The largest absolute Gasteiger partial charge is 0.384 e. The molecule has 1 unspecified atom stereocenters. The standard InChI is InChI=1S/C15H16Cl2OS/c1-2-3-4-10-5-7-11(8-6-10)14(18)12-9-13(16)19-15(12)17/h5-9,14,18H,2-4H2,1H3. The van der Waals surface area contributed by atoms with Gasteiger partial charge in [-0.1, -0.05) is 60.8 Å². The number of hydrogen-bond donors (Lipinski definition) is 1. The van der Waals surface area contributed by atoms with E-state index in [2.05, 4.69) is 19.1 Å². The Morgan fingerprint density at radius 2 is 1.89 bits per heavy atom. The van der Waals surface area contributed by atoms with Gasteiger partial charge >= 0.3 is 0 Å². The molecule has 2 rings (SSSR count). The smallest absolute Gasteiger partial charge is 0.106 e. The summed E-state index contributed by atoms with van der Waals surface area (Å²) < 4.78 is 1.14. The molecule has 102 valence electrons. The second-order valence-corrected chi connectivity index (χ2v) is 6.81. The highest BCUT2D eigenvalue weighted by atomic mass is 35.5. The van der Waals surface area contributed by atoms with Crippen LogP contribution in [0.4, 0.5) is 0 Å². The molecule has 0 bridgehead atoms. The number of rotatable bonds is 5. The van der Waals surface area contributed by atoms with Gasteiger partial charge in [0.1, 0.15) is 10.4 Å². The van der Waals surface area contributed by atoms with Crippen molar-refractivity contribution in [3.63, 3.8) is 0 Å². The fourth-order valence-corrected chi connectivity index (χ4v) is 3.49. The Hall–Kier alpha value is -0.540. The molecule has 0 aliphatic heterocycles. The van der Waals surface area contributed by atoms with Crippen LogP contribution in [0.2, 0.25) is 8.67 Å². The van der Waals surface area contributed by atoms with Crippen molar-refractivity contribution in [3.8, 4) is 0 Å². The fraction of sp³-hybridized carbons (Fsp3) is 0.333. The topological polar surface area (TPSA) is 20.2 Å². The molecule has 19 heavy (non-hydrogen) atoms. The lowest BCUT2D eigenvalue weighted by Crippen LogP contribution is -1.99. The fourth-order valence-electron chi connectivity index (χ4n) is 1.97. The van der Waals surface area contributed by atoms with E-state index in [0.29, 0.717) is 14.2 Å². The van der Waals surface area contributed by atoms with Crippen LogP contribution in [0, 0.1) is 0 Å². The third-order valence-corrected chi connectivity index (χ3v) is 4.61. The van der Waals surface area contributed by atoms with Gasteiger partial charge in [0.2, 0.25) is 0 Å². The third kappa shape index (κ3) is 3.73. The van der Waals surface area contributed by atoms with Crippen molar-refractivity contribution < 1.29 is 5.11 Å². The van der Waals surface area contributed by atoms with E-state index in [1.165, 1.54) is 29.7 Å². The summed E-state index contributed by atoms with van der Waals surface area (Å²) in [7, 11) is 0. The Labute approximate surface area is 127 Å². The summed E-state index contributed by atoms with van der Waals surface area (Å²) in [6.07, 6.45) is 2.75. The zero-order chi connectivity index (χ0) is 13.8. The summed E-state index contributed by atoms with van der Waals surface area (Å²) in [5.41, 5.74) is 2.82. The van der Waals surface area contributed by atoms with Crippen LogP contribution in [0.5, 0.6) is 0 Å². The highest BCUT2D eigenvalue weighted by Crippen LogP contribution is 2.37. The monoisotopic (exact) mass is 314 g/mol. The molecule has 1 aromatic heterocycles. The molecule has 0 amide bonds. The number of unbranched alkanes of at least 4 members (excludes halogenated alkanes) is 1. The van der Waals surface area contributed by atoms with E-state index >= 15 is 0 Å². The molecule has 0 aliphatic rings. The second-order valence-electron chi connectivity index (χ2n) is 4.53. The van der Waals surface area contributed by atoms with Gasteiger partial charge in [0, 0.05) is 5.56 Å². The van der Waals surface area contributed by atoms with Crippen LogP contribution in [0.1, 0.15) is 42.6 Å². The van der Waals surface area contributed by atoms with Crippen LogP contribution in [-0.4, -0.2) is 5.11 Å². The molecule has 0 radical (unpaired) electrons. The number of halogens is 2. The van der Waals surface area contributed by atoms with E-state index in [1.807, 2.05) is 12.1 Å². The Bertz CT molecular complexity index is 534. The first-order valence-electron chi connectivity index (χ1n) is 6.33. The minimum atomic E-state index is -0.712. The maximum Gasteiger partial charge on any atom is 0.106 e. The lowest BCUT2D eigenvalue weighted by Gasteiger charge is -2.11. The van der Waals surface area contributed by atoms with Gasteiger partial charge in [-0.15, -0.1) is 11.3 Å². The van der Waals surface area contributed by atoms with Crippen LogP contribution >= 0.6 is 34.5 Å². The summed E-state index contributed by atoms with van der Waals surface area (Å²) >= 11 is 13.2. The highest BCUT2D eigenvalue weighted by Gasteiger charge is 2.16. The van der Waals surface area contributed by atoms with Crippen molar-refractivity contribution in [2.24, 2.45) is 0 Å². The minimum Gasteiger partial charge on any atom is -0.384 e. The predicted molar refractivity (Wildman–Crippen MR) is 83.5 cm³/mol. The van der Waals surface area contributed by atoms with E-state index in [0.717, 1.165) is 12.0 Å². The van der Waals surface area contributed by atoms with E-state index in [-0.39, 0.29) is 0 Å². The molecule has 0 aliphatic carbocycles. The second kappa shape index (κ2) is 6.76. The van der Waals surface area contributed by atoms with E-state index < -0.39 is 6.10 Å². The van der Waals surface area contributed by atoms with Gasteiger partial charge in [0.05, 0.1) is 4.34 Å². The molecule has 1 N–H and O–H groups in total. The van der Waals surface area contributed by atoms with Gasteiger partial charge in [-0.2, -0.15) is 0 Å². The number of aliphatic hydroxyl groups is 1. The molecule has 1 nitrogen and oxygen atoms in total. The first kappa shape index (κ1) is 14.9. The first-order chi connectivity index (χ1) is 9.11. The number of thiophene rings is 1. The maximum atomic E-state index is 10.3. The van der Waals surface area contributed by atoms with Crippen LogP contribution in [-0.2, 0) is 6.42 Å². The summed E-state index contributed by atoms with van der Waals surface area (Å²) in [6.45, 7) is 2.18. The Balaban J connectivity index is 2.15. The quantitative estimate of drug-likeness (QED) is 0.774. The van der Waals surface area contributed by atoms with Gasteiger partial charge in [-0.05, 0) is 30.0 Å². The minimum absolute atomic E-state index is 0.549.